The molecule has 0 aromatic rings. The van der Waals surface area contributed by atoms with Crippen molar-refractivity contribution in [1.82, 2.24) is 4.90 Å². The van der Waals surface area contributed by atoms with E-state index in [0.29, 0.717) is 0 Å². The molecule has 0 spiro atoms. The van der Waals surface area contributed by atoms with Gasteiger partial charge in [-0.05, 0) is 20.3 Å². The average Bonchev–Trinajstić information content (AvgIpc) is 2.23. The van der Waals surface area contributed by atoms with Gasteiger partial charge < -0.3 is 15.4 Å². The molecule has 0 aliphatic carbocycles. The molecule has 0 radical (unpaired) electrons. The van der Waals surface area contributed by atoms with E-state index in [1.165, 1.54) is 11.0 Å². The molecule has 17 heavy (non-hydrogen) atoms. The van der Waals surface area contributed by atoms with Gasteiger partial charge in [-0.1, -0.05) is 12.7 Å². The first-order valence-corrected chi connectivity index (χ1v) is 5.47. The van der Waals surface area contributed by atoms with E-state index < -0.39 is 11.5 Å². The average molecular weight is 242 g/mol. The number of esters is 1. The smallest absolute Gasteiger partial charge is 0.311 e. The van der Waals surface area contributed by atoms with Gasteiger partial charge in [0, 0.05) is 14.1 Å². The van der Waals surface area contributed by atoms with Crippen LogP contribution >= 0.6 is 0 Å². The fourth-order valence-electron chi connectivity index (χ4n) is 1.38. The predicted octanol–water partition coefficient (Wildman–Crippen LogP) is 0.547. The summed E-state index contributed by atoms with van der Waals surface area (Å²) in [4.78, 5) is 24.7. The van der Waals surface area contributed by atoms with Crippen molar-refractivity contribution >= 4 is 11.9 Å². The SMILES string of the molecule is C=CCOC(=O)C(C)(C)CC(N)C(=O)N(C)C. The van der Waals surface area contributed by atoms with Crippen molar-refractivity contribution in [3.05, 3.63) is 12.7 Å². The van der Waals surface area contributed by atoms with Gasteiger partial charge in [-0.2, -0.15) is 0 Å². The third-order valence-corrected chi connectivity index (χ3v) is 2.37. The molecule has 5 heteroatoms. The minimum Gasteiger partial charge on any atom is -0.461 e. The third kappa shape index (κ3) is 4.99. The van der Waals surface area contributed by atoms with Crippen LogP contribution in [0.3, 0.4) is 0 Å². The van der Waals surface area contributed by atoms with E-state index in [-0.39, 0.29) is 24.9 Å². The van der Waals surface area contributed by atoms with E-state index in [1.807, 2.05) is 0 Å². The molecule has 0 heterocycles. The second-order valence-corrected chi connectivity index (χ2v) is 4.81. The predicted molar refractivity (Wildman–Crippen MR) is 66.2 cm³/mol. The maximum absolute atomic E-state index is 11.7. The lowest BCUT2D eigenvalue weighted by atomic mass is 9.85. The van der Waals surface area contributed by atoms with Crippen LogP contribution < -0.4 is 5.73 Å². The lowest BCUT2D eigenvalue weighted by Crippen LogP contribution is -2.44. The van der Waals surface area contributed by atoms with Gasteiger partial charge in [0.2, 0.25) is 5.91 Å². The number of rotatable bonds is 6. The normalized spacial score (nSPS) is 12.8. The summed E-state index contributed by atoms with van der Waals surface area (Å²) in [5.74, 6) is -0.575. The zero-order valence-electron chi connectivity index (χ0n) is 11.0. The molecule has 1 amide bonds. The summed E-state index contributed by atoms with van der Waals surface area (Å²) in [5.41, 5.74) is 4.97. The Labute approximate surface area is 103 Å². The maximum Gasteiger partial charge on any atom is 0.311 e. The number of nitrogens with zero attached hydrogens (tertiary/aromatic N) is 1. The summed E-state index contributed by atoms with van der Waals surface area (Å²) in [6.07, 6.45) is 1.75. The minimum absolute atomic E-state index is 0.166. The number of nitrogens with two attached hydrogens (primary N) is 1. The van der Waals surface area contributed by atoms with E-state index in [1.54, 1.807) is 27.9 Å². The molecule has 2 N–H and O–H groups in total. The Kier molecular flexibility index (Phi) is 5.88. The Bertz CT molecular complexity index is 298. The molecular formula is C12H22N2O3. The summed E-state index contributed by atoms with van der Waals surface area (Å²) in [6.45, 7) is 7.05. The molecule has 0 aliphatic heterocycles. The van der Waals surface area contributed by atoms with Gasteiger partial charge >= 0.3 is 5.97 Å². The van der Waals surface area contributed by atoms with Crippen LogP contribution in [0, 0.1) is 5.41 Å². The second-order valence-electron chi connectivity index (χ2n) is 4.81. The summed E-state index contributed by atoms with van der Waals surface area (Å²) in [5, 5.41) is 0. The molecule has 0 aromatic carbocycles. The van der Waals surface area contributed by atoms with Crippen molar-refractivity contribution in [3.63, 3.8) is 0 Å². The van der Waals surface area contributed by atoms with Gasteiger partial charge in [0.1, 0.15) is 6.61 Å². The van der Waals surface area contributed by atoms with Crippen LogP contribution in [0.5, 0.6) is 0 Å². The number of carbonyl (C=O) groups excluding carboxylic acids is 2. The van der Waals surface area contributed by atoms with Crippen LogP contribution in [-0.4, -0.2) is 43.5 Å². The van der Waals surface area contributed by atoms with Crippen LogP contribution in [0.4, 0.5) is 0 Å². The highest BCUT2D eigenvalue weighted by Gasteiger charge is 2.33. The van der Waals surface area contributed by atoms with Crippen molar-refractivity contribution in [2.24, 2.45) is 11.1 Å². The van der Waals surface area contributed by atoms with Crippen molar-refractivity contribution in [2.75, 3.05) is 20.7 Å². The first-order chi connectivity index (χ1) is 7.72. The fraction of sp³-hybridized carbons (Fsp3) is 0.667. The van der Waals surface area contributed by atoms with Gasteiger partial charge in [0.05, 0.1) is 11.5 Å². The number of carbonyl (C=O) groups is 2. The minimum atomic E-state index is -0.784. The van der Waals surface area contributed by atoms with E-state index in [9.17, 15) is 9.59 Å². The number of hydrogen-bond donors (Lipinski definition) is 1. The lowest BCUT2D eigenvalue weighted by Gasteiger charge is -2.26. The zero-order chi connectivity index (χ0) is 13.6. The second kappa shape index (κ2) is 6.39. The van der Waals surface area contributed by atoms with Crippen LogP contribution in [0.1, 0.15) is 20.3 Å². The highest BCUT2D eigenvalue weighted by atomic mass is 16.5. The van der Waals surface area contributed by atoms with Crippen LogP contribution in [0.15, 0.2) is 12.7 Å². The summed E-state index contributed by atoms with van der Waals surface area (Å²) < 4.78 is 4.96. The Morgan fingerprint density at radius 1 is 1.47 bits per heavy atom. The number of amides is 1. The molecule has 0 fully saturated rings. The Hall–Kier alpha value is -1.36. The van der Waals surface area contributed by atoms with Gasteiger partial charge in [-0.25, -0.2) is 0 Å². The molecule has 5 nitrogen and oxygen atoms in total. The molecule has 98 valence electrons. The molecule has 0 aromatic heterocycles. The number of ether oxygens (including phenoxy) is 1. The van der Waals surface area contributed by atoms with Gasteiger partial charge in [-0.15, -0.1) is 0 Å². The number of likely N-dealkylation sites (N-methyl/N-ethyl adjacent to an activating group) is 1. The van der Waals surface area contributed by atoms with E-state index in [0.717, 1.165) is 0 Å². The monoisotopic (exact) mass is 242 g/mol. The molecule has 0 bridgehead atoms. The van der Waals surface area contributed by atoms with Crippen molar-refractivity contribution in [2.45, 2.75) is 26.3 Å². The van der Waals surface area contributed by atoms with Gasteiger partial charge in [0.25, 0.3) is 0 Å². The van der Waals surface area contributed by atoms with Crippen LogP contribution in [0.25, 0.3) is 0 Å². The fourth-order valence-corrected chi connectivity index (χ4v) is 1.38. The summed E-state index contributed by atoms with van der Waals surface area (Å²) >= 11 is 0. The molecule has 1 unspecified atom stereocenters. The van der Waals surface area contributed by atoms with E-state index >= 15 is 0 Å². The van der Waals surface area contributed by atoms with Gasteiger partial charge in [0.15, 0.2) is 0 Å². The largest absolute Gasteiger partial charge is 0.461 e. The van der Waals surface area contributed by atoms with Crippen molar-refractivity contribution in [3.8, 4) is 0 Å². The lowest BCUT2D eigenvalue weighted by molar-refractivity contribution is -0.153. The number of hydrogen-bond acceptors (Lipinski definition) is 4. The Balaban J connectivity index is 4.47. The Morgan fingerprint density at radius 3 is 2.41 bits per heavy atom. The Morgan fingerprint density at radius 2 is 2.00 bits per heavy atom. The van der Waals surface area contributed by atoms with Crippen molar-refractivity contribution in [1.29, 1.82) is 0 Å². The van der Waals surface area contributed by atoms with E-state index in [4.69, 9.17) is 10.5 Å². The standard InChI is InChI=1S/C12H22N2O3/c1-6-7-17-11(16)12(2,3)8-9(13)10(15)14(4)5/h6,9H,1,7-8,13H2,2-5H3. The first-order valence-electron chi connectivity index (χ1n) is 5.47. The molecule has 0 aliphatic rings. The third-order valence-electron chi connectivity index (χ3n) is 2.37. The van der Waals surface area contributed by atoms with Crippen molar-refractivity contribution < 1.29 is 14.3 Å². The quantitative estimate of drug-likeness (QED) is 0.545. The topological polar surface area (TPSA) is 72.6 Å². The zero-order valence-corrected chi connectivity index (χ0v) is 11.0. The molecule has 0 saturated heterocycles. The highest BCUT2D eigenvalue weighted by molar-refractivity contribution is 5.83. The van der Waals surface area contributed by atoms with Crippen LogP contribution in [0.2, 0.25) is 0 Å². The van der Waals surface area contributed by atoms with Crippen LogP contribution in [-0.2, 0) is 14.3 Å². The van der Waals surface area contributed by atoms with Gasteiger partial charge in [-0.3, -0.25) is 9.59 Å². The molecule has 0 saturated carbocycles. The maximum atomic E-state index is 11.7. The highest BCUT2D eigenvalue weighted by Crippen LogP contribution is 2.24. The molecule has 0 rings (SSSR count). The molecule has 1 atom stereocenters. The first kappa shape index (κ1) is 15.6. The summed E-state index contributed by atoms with van der Waals surface area (Å²) in [6, 6.07) is -0.698. The van der Waals surface area contributed by atoms with E-state index in [2.05, 4.69) is 6.58 Å². The molecular weight excluding hydrogens is 220 g/mol. The summed E-state index contributed by atoms with van der Waals surface area (Å²) in [7, 11) is 3.26.